The van der Waals surface area contributed by atoms with Gasteiger partial charge in [0.25, 0.3) is 0 Å². The van der Waals surface area contributed by atoms with Crippen LogP contribution in [0, 0.1) is 16.6 Å². The number of fused-ring (bicyclic) bond motifs is 1. The lowest BCUT2D eigenvalue weighted by Gasteiger charge is -2.00. The quantitative estimate of drug-likeness (QED) is 0.519. The highest BCUT2D eigenvalue weighted by Gasteiger charge is 2.37. The van der Waals surface area contributed by atoms with Crippen LogP contribution >= 0.6 is 0 Å². The summed E-state index contributed by atoms with van der Waals surface area (Å²) in [7, 11) is -2.15. The highest BCUT2D eigenvalue weighted by atomic mass is 32.2. The molecule has 2 fully saturated rings. The monoisotopic (exact) mass is 160 g/mol. The van der Waals surface area contributed by atoms with Crippen molar-refractivity contribution < 1.29 is 4.21 Å². The third-order valence-electron chi connectivity index (χ3n) is 2.45. The summed E-state index contributed by atoms with van der Waals surface area (Å²) < 4.78 is 18.6. The van der Waals surface area contributed by atoms with Gasteiger partial charge in [-0.05, 0) is 24.9 Å². The zero-order valence-electron chi connectivity index (χ0n) is 5.80. The lowest BCUT2D eigenvalue weighted by molar-refractivity contribution is 0.533. The number of hydrogen-bond acceptors (Lipinski definition) is 3. The molecule has 1 unspecified atom stereocenters. The van der Waals surface area contributed by atoms with E-state index in [9.17, 15) is 4.21 Å². The smallest absolute Gasteiger partial charge is 0.0448 e. The molecule has 3 nitrogen and oxygen atoms in total. The van der Waals surface area contributed by atoms with Crippen molar-refractivity contribution in [3.63, 3.8) is 0 Å². The van der Waals surface area contributed by atoms with Gasteiger partial charge in [0.2, 0.25) is 0 Å². The topological polar surface area (TPSA) is 53.0 Å². The van der Waals surface area contributed by atoms with Crippen molar-refractivity contribution in [2.75, 3.05) is 24.6 Å². The Balaban J connectivity index is 2.21. The van der Waals surface area contributed by atoms with E-state index in [2.05, 4.69) is 5.32 Å². The molecule has 2 aliphatic heterocycles. The summed E-state index contributed by atoms with van der Waals surface area (Å²) in [5.74, 6) is 2.38. The molecule has 3 atom stereocenters. The van der Waals surface area contributed by atoms with Gasteiger partial charge in [0.05, 0.1) is 0 Å². The second-order valence-corrected chi connectivity index (χ2v) is 5.61. The van der Waals surface area contributed by atoms with Crippen molar-refractivity contribution in [1.29, 1.82) is 4.78 Å². The molecule has 2 N–H and O–H groups in total. The minimum Gasteiger partial charge on any atom is -0.316 e. The molecule has 0 aliphatic carbocycles. The molecule has 4 heteroatoms. The van der Waals surface area contributed by atoms with Crippen molar-refractivity contribution in [2.45, 2.75) is 0 Å². The highest BCUT2D eigenvalue weighted by molar-refractivity contribution is 7.92. The maximum Gasteiger partial charge on any atom is 0.0448 e. The first-order chi connectivity index (χ1) is 4.67. The van der Waals surface area contributed by atoms with Gasteiger partial charge >= 0.3 is 0 Å². The van der Waals surface area contributed by atoms with Crippen molar-refractivity contribution in [1.82, 2.24) is 5.32 Å². The Kier molecular flexibility index (Phi) is 1.29. The fraction of sp³-hybridized carbons (Fsp3) is 1.00. The van der Waals surface area contributed by atoms with Crippen LogP contribution in [0.15, 0.2) is 0 Å². The van der Waals surface area contributed by atoms with E-state index in [1.165, 1.54) is 0 Å². The maximum absolute atomic E-state index is 11.2. The van der Waals surface area contributed by atoms with E-state index in [-0.39, 0.29) is 0 Å². The van der Waals surface area contributed by atoms with Crippen LogP contribution in [-0.4, -0.2) is 28.8 Å². The molecule has 10 heavy (non-hydrogen) atoms. The predicted octanol–water partition coefficient (Wildman–Crippen LogP) is -0.118. The molecule has 0 amide bonds. The van der Waals surface area contributed by atoms with E-state index in [0.717, 1.165) is 13.1 Å². The molecule has 2 rings (SSSR count). The van der Waals surface area contributed by atoms with Gasteiger partial charge in [0, 0.05) is 21.2 Å². The van der Waals surface area contributed by atoms with Gasteiger partial charge in [0.15, 0.2) is 0 Å². The number of nitrogens with one attached hydrogen (secondary N) is 2. The van der Waals surface area contributed by atoms with Gasteiger partial charge in [-0.2, -0.15) is 0 Å². The van der Waals surface area contributed by atoms with Crippen LogP contribution in [0.4, 0.5) is 0 Å². The molecular weight excluding hydrogens is 148 g/mol. The molecule has 58 valence electrons. The molecule has 0 spiro atoms. The molecule has 0 aromatic carbocycles. The first-order valence-corrected chi connectivity index (χ1v) is 5.52. The zero-order chi connectivity index (χ0) is 7.19. The largest absolute Gasteiger partial charge is 0.316 e. The summed E-state index contributed by atoms with van der Waals surface area (Å²) in [6.07, 6.45) is 0. The second-order valence-electron chi connectivity index (χ2n) is 3.32. The summed E-state index contributed by atoms with van der Waals surface area (Å²) in [5.41, 5.74) is 0. The summed E-state index contributed by atoms with van der Waals surface area (Å²) in [4.78, 5) is 0. The van der Waals surface area contributed by atoms with Gasteiger partial charge < -0.3 is 5.32 Å². The minimum atomic E-state index is -2.15. The Labute approximate surface area is 61.2 Å². The maximum atomic E-state index is 11.2. The normalized spacial score (nSPS) is 53.2. The summed E-state index contributed by atoms with van der Waals surface area (Å²) in [6.45, 7) is 1.97. The Morgan fingerprint density at radius 1 is 1.30 bits per heavy atom. The Hall–Kier alpha value is -0.0900. The van der Waals surface area contributed by atoms with Crippen molar-refractivity contribution in [3.8, 4) is 0 Å². The molecule has 0 aromatic rings. The van der Waals surface area contributed by atoms with Gasteiger partial charge in [-0.15, -0.1) is 0 Å². The van der Waals surface area contributed by atoms with Gasteiger partial charge in [0.1, 0.15) is 0 Å². The van der Waals surface area contributed by atoms with Crippen LogP contribution in [0.25, 0.3) is 0 Å². The van der Waals surface area contributed by atoms with E-state index in [1.54, 1.807) is 0 Å². The lowest BCUT2D eigenvalue weighted by Crippen LogP contribution is -2.15. The van der Waals surface area contributed by atoms with E-state index in [4.69, 9.17) is 4.78 Å². The third-order valence-corrected chi connectivity index (χ3v) is 4.38. The summed E-state index contributed by atoms with van der Waals surface area (Å²) in [6, 6.07) is 0. The van der Waals surface area contributed by atoms with Crippen molar-refractivity contribution in [3.05, 3.63) is 0 Å². The lowest BCUT2D eigenvalue weighted by atomic mass is 10.0. The first-order valence-electron chi connectivity index (χ1n) is 3.62. The van der Waals surface area contributed by atoms with Crippen LogP contribution in [0.3, 0.4) is 0 Å². The minimum absolute atomic E-state index is 0.546. The molecular formula is C6H12N2OS. The predicted molar refractivity (Wildman–Crippen MR) is 40.4 cm³/mol. The van der Waals surface area contributed by atoms with Crippen LogP contribution in [0.1, 0.15) is 0 Å². The molecule has 0 saturated carbocycles. The summed E-state index contributed by atoms with van der Waals surface area (Å²) in [5, 5.41) is 3.25. The van der Waals surface area contributed by atoms with Crippen LogP contribution < -0.4 is 5.32 Å². The van der Waals surface area contributed by atoms with E-state index in [1.807, 2.05) is 0 Å². The molecule has 0 aromatic heterocycles. The van der Waals surface area contributed by atoms with Gasteiger partial charge in [-0.3, -0.25) is 4.78 Å². The van der Waals surface area contributed by atoms with Gasteiger partial charge in [-0.25, -0.2) is 4.21 Å². The van der Waals surface area contributed by atoms with E-state index >= 15 is 0 Å². The fourth-order valence-corrected chi connectivity index (χ4v) is 4.24. The fourth-order valence-electron chi connectivity index (χ4n) is 1.94. The Morgan fingerprint density at radius 2 is 1.80 bits per heavy atom. The zero-order valence-corrected chi connectivity index (χ0v) is 6.62. The Bertz CT molecular complexity index is 216. The average Bonchev–Trinajstić information content (AvgIpc) is 2.20. The standard InChI is InChI=1S/C6H12N2OS/c7-10(9)3-5-1-8-2-6(5)4-10/h5-8H,1-4H2/t5-,6+,10?. The molecule has 0 radical (unpaired) electrons. The molecule has 2 saturated heterocycles. The van der Waals surface area contributed by atoms with E-state index in [0.29, 0.717) is 23.3 Å². The van der Waals surface area contributed by atoms with Crippen LogP contribution in [0.2, 0.25) is 0 Å². The van der Waals surface area contributed by atoms with Gasteiger partial charge in [-0.1, -0.05) is 0 Å². The molecule has 2 aliphatic rings. The Morgan fingerprint density at radius 3 is 2.30 bits per heavy atom. The van der Waals surface area contributed by atoms with Crippen LogP contribution in [-0.2, 0) is 9.73 Å². The molecule has 0 bridgehead atoms. The number of hydrogen-bond donors (Lipinski definition) is 2. The number of rotatable bonds is 0. The first kappa shape index (κ1) is 6.61. The van der Waals surface area contributed by atoms with Crippen LogP contribution in [0.5, 0.6) is 0 Å². The average molecular weight is 160 g/mol. The third kappa shape index (κ3) is 0.953. The highest BCUT2D eigenvalue weighted by Crippen LogP contribution is 2.28. The SMILES string of the molecule is N=S1(=O)C[C@H]2CNC[C@H]2C1. The summed E-state index contributed by atoms with van der Waals surface area (Å²) >= 11 is 0. The van der Waals surface area contributed by atoms with E-state index < -0.39 is 9.73 Å². The van der Waals surface area contributed by atoms with Crippen molar-refractivity contribution in [2.24, 2.45) is 11.8 Å². The molecule has 2 heterocycles. The second kappa shape index (κ2) is 1.95. The van der Waals surface area contributed by atoms with Crippen molar-refractivity contribution >= 4 is 9.73 Å².